The molecule has 1 aromatic heterocycles. The number of quaternary nitrogens is 1. The topological polar surface area (TPSA) is 74.1 Å². The SMILES string of the molecule is CN1CCC(N[N+]2(c3ccnc(C#N)n3)CCOCC2)CC1. The normalized spacial score (nSPS) is 23.1. The summed E-state index contributed by atoms with van der Waals surface area (Å²) in [5.41, 5.74) is 3.79. The Morgan fingerprint density at radius 1 is 1.36 bits per heavy atom. The first-order chi connectivity index (χ1) is 10.7. The zero-order chi connectivity index (χ0) is 15.4. The number of likely N-dealkylation sites (tertiary alicyclic amines) is 1. The van der Waals surface area contributed by atoms with Crippen LogP contribution in [0.15, 0.2) is 12.3 Å². The lowest BCUT2D eigenvalue weighted by Crippen LogP contribution is -2.68. The highest BCUT2D eigenvalue weighted by atomic mass is 16.5. The Labute approximate surface area is 131 Å². The summed E-state index contributed by atoms with van der Waals surface area (Å²) in [4.78, 5) is 10.8. The van der Waals surface area contributed by atoms with E-state index in [4.69, 9.17) is 10.00 Å². The van der Waals surface area contributed by atoms with Gasteiger partial charge in [0.05, 0.1) is 19.3 Å². The molecule has 118 valence electrons. The molecule has 22 heavy (non-hydrogen) atoms. The molecule has 0 aliphatic carbocycles. The lowest BCUT2D eigenvalue weighted by molar-refractivity contribution is 0.000347. The fraction of sp³-hybridized carbons (Fsp3) is 0.667. The highest BCUT2D eigenvalue weighted by Crippen LogP contribution is 2.22. The first kappa shape index (κ1) is 15.3. The maximum Gasteiger partial charge on any atom is 0.251 e. The van der Waals surface area contributed by atoms with Gasteiger partial charge < -0.3 is 9.64 Å². The Kier molecular flexibility index (Phi) is 4.64. The van der Waals surface area contributed by atoms with Gasteiger partial charge in [-0.05, 0) is 33.0 Å². The van der Waals surface area contributed by atoms with Gasteiger partial charge in [-0.25, -0.2) is 4.98 Å². The number of nitriles is 1. The van der Waals surface area contributed by atoms with Gasteiger partial charge in [-0.15, -0.1) is 0 Å². The maximum atomic E-state index is 9.06. The van der Waals surface area contributed by atoms with Gasteiger partial charge >= 0.3 is 0 Å². The van der Waals surface area contributed by atoms with E-state index in [1.54, 1.807) is 6.20 Å². The van der Waals surface area contributed by atoms with E-state index in [1.165, 1.54) is 0 Å². The second-order valence-electron chi connectivity index (χ2n) is 6.08. The van der Waals surface area contributed by atoms with Crippen LogP contribution < -0.4 is 10.0 Å². The zero-order valence-corrected chi connectivity index (χ0v) is 13.0. The van der Waals surface area contributed by atoms with E-state index >= 15 is 0 Å². The summed E-state index contributed by atoms with van der Waals surface area (Å²) < 4.78 is 6.13. The number of nitrogens with zero attached hydrogens (tertiary/aromatic N) is 5. The van der Waals surface area contributed by atoms with Crippen molar-refractivity contribution in [2.45, 2.75) is 18.9 Å². The molecule has 0 bridgehead atoms. The van der Waals surface area contributed by atoms with Crippen LogP contribution in [0.3, 0.4) is 0 Å². The third-order valence-electron chi connectivity index (χ3n) is 4.56. The van der Waals surface area contributed by atoms with Gasteiger partial charge in [0.25, 0.3) is 5.82 Å². The van der Waals surface area contributed by atoms with Gasteiger partial charge in [-0.2, -0.15) is 20.3 Å². The van der Waals surface area contributed by atoms with Crippen molar-refractivity contribution >= 4 is 5.82 Å². The van der Waals surface area contributed by atoms with Crippen molar-refractivity contribution in [1.82, 2.24) is 24.9 Å². The molecule has 0 spiro atoms. The number of piperidine rings is 1. The molecule has 7 nitrogen and oxygen atoms in total. The number of morpholine rings is 1. The van der Waals surface area contributed by atoms with E-state index in [1.807, 2.05) is 12.1 Å². The van der Waals surface area contributed by atoms with Crippen LogP contribution in [0, 0.1) is 11.3 Å². The summed E-state index contributed by atoms with van der Waals surface area (Å²) in [6.07, 6.45) is 3.94. The van der Waals surface area contributed by atoms with Gasteiger partial charge in [0.1, 0.15) is 19.2 Å². The fourth-order valence-electron chi connectivity index (χ4n) is 3.21. The highest BCUT2D eigenvalue weighted by molar-refractivity contribution is 5.34. The van der Waals surface area contributed by atoms with E-state index < -0.39 is 0 Å². The van der Waals surface area contributed by atoms with Crippen LogP contribution in [0.4, 0.5) is 5.82 Å². The molecule has 2 fully saturated rings. The smallest absolute Gasteiger partial charge is 0.251 e. The van der Waals surface area contributed by atoms with Crippen molar-refractivity contribution in [3.05, 3.63) is 18.1 Å². The summed E-state index contributed by atoms with van der Waals surface area (Å²) in [5.74, 6) is 1.10. The molecule has 2 saturated heterocycles. The molecular weight excluding hydrogens is 280 g/mol. The molecule has 0 amide bonds. The zero-order valence-electron chi connectivity index (χ0n) is 13.0. The predicted octanol–water partition coefficient (Wildman–Crippen LogP) is 0.285. The van der Waals surface area contributed by atoms with Crippen LogP contribution in [0.5, 0.6) is 0 Å². The maximum absolute atomic E-state index is 9.06. The van der Waals surface area contributed by atoms with Crippen molar-refractivity contribution in [2.75, 3.05) is 46.4 Å². The van der Waals surface area contributed by atoms with Gasteiger partial charge in [0.2, 0.25) is 5.82 Å². The third-order valence-corrected chi connectivity index (χ3v) is 4.56. The fourth-order valence-corrected chi connectivity index (χ4v) is 3.21. The van der Waals surface area contributed by atoms with Crippen molar-refractivity contribution in [3.8, 4) is 6.07 Å². The van der Waals surface area contributed by atoms with Crippen molar-refractivity contribution < 1.29 is 4.74 Å². The van der Waals surface area contributed by atoms with E-state index in [2.05, 4.69) is 27.3 Å². The third kappa shape index (κ3) is 3.25. The monoisotopic (exact) mass is 303 g/mol. The number of rotatable bonds is 3. The predicted molar refractivity (Wildman–Crippen MR) is 82.7 cm³/mol. The van der Waals surface area contributed by atoms with Gasteiger partial charge in [-0.1, -0.05) is 0 Å². The summed E-state index contributed by atoms with van der Waals surface area (Å²) in [7, 11) is 2.17. The van der Waals surface area contributed by atoms with Crippen molar-refractivity contribution in [3.63, 3.8) is 0 Å². The highest BCUT2D eigenvalue weighted by Gasteiger charge is 2.38. The van der Waals surface area contributed by atoms with Crippen LogP contribution in [0.1, 0.15) is 18.7 Å². The van der Waals surface area contributed by atoms with Crippen molar-refractivity contribution in [2.24, 2.45) is 0 Å². The minimum Gasteiger partial charge on any atom is -0.370 e. The summed E-state index contributed by atoms with van der Waals surface area (Å²) >= 11 is 0. The molecule has 0 atom stereocenters. The quantitative estimate of drug-likeness (QED) is 0.809. The van der Waals surface area contributed by atoms with Gasteiger partial charge in [0.15, 0.2) is 0 Å². The Morgan fingerprint density at radius 3 is 2.77 bits per heavy atom. The largest absolute Gasteiger partial charge is 0.370 e. The molecule has 1 N–H and O–H groups in total. The molecular formula is C15H23N6O+. The van der Waals surface area contributed by atoms with E-state index in [0.717, 1.165) is 44.8 Å². The van der Waals surface area contributed by atoms with Gasteiger partial charge in [-0.3, -0.25) is 0 Å². The summed E-state index contributed by atoms with van der Waals surface area (Å²) in [5, 5.41) is 9.06. The molecule has 0 unspecified atom stereocenters. The summed E-state index contributed by atoms with van der Waals surface area (Å²) in [6.45, 7) is 5.28. The first-order valence-electron chi connectivity index (χ1n) is 7.87. The Bertz CT molecular complexity index is 543. The molecule has 2 aliphatic rings. The lowest BCUT2D eigenvalue weighted by atomic mass is 10.1. The van der Waals surface area contributed by atoms with E-state index in [-0.39, 0.29) is 5.82 Å². The molecule has 3 rings (SSSR count). The second-order valence-corrected chi connectivity index (χ2v) is 6.08. The van der Waals surface area contributed by atoms with E-state index in [0.29, 0.717) is 23.8 Å². The Morgan fingerprint density at radius 2 is 2.09 bits per heavy atom. The van der Waals surface area contributed by atoms with Crippen LogP contribution in [0.2, 0.25) is 0 Å². The van der Waals surface area contributed by atoms with Crippen LogP contribution in [0.25, 0.3) is 0 Å². The molecule has 2 aliphatic heterocycles. The standard InChI is InChI=1S/C15H23N6O/c1-20-6-3-13(4-7-20)19-21(8-10-22-11-9-21)15-2-5-17-14(12-16)18-15/h2,5,13,19H,3-4,6-11H2,1H3/q+1. The number of ether oxygens (including phenoxy) is 1. The minimum absolute atomic E-state index is 0.228. The second kappa shape index (κ2) is 6.67. The molecule has 0 aromatic carbocycles. The molecule has 7 heteroatoms. The minimum atomic E-state index is 0.228. The molecule has 1 aromatic rings. The van der Waals surface area contributed by atoms with E-state index in [9.17, 15) is 0 Å². The average molecular weight is 303 g/mol. The number of hydrogen-bond acceptors (Lipinski definition) is 6. The molecule has 3 heterocycles. The number of aromatic nitrogens is 2. The first-order valence-corrected chi connectivity index (χ1v) is 7.87. The van der Waals surface area contributed by atoms with Crippen LogP contribution >= 0.6 is 0 Å². The van der Waals surface area contributed by atoms with Crippen molar-refractivity contribution in [1.29, 1.82) is 5.26 Å². The average Bonchev–Trinajstić information content (AvgIpc) is 2.58. The molecule has 0 radical (unpaired) electrons. The Balaban J connectivity index is 1.83. The lowest BCUT2D eigenvalue weighted by Gasteiger charge is -2.42. The number of hydrogen-bond donors (Lipinski definition) is 1. The molecule has 0 saturated carbocycles. The van der Waals surface area contributed by atoms with Gasteiger partial charge in [0, 0.05) is 12.3 Å². The van der Waals surface area contributed by atoms with Crippen LogP contribution in [-0.2, 0) is 4.74 Å². The number of nitrogens with one attached hydrogen (secondary N) is 1. The van der Waals surface area contributed by atoms with Crippen LogP contribution in [-0.4, -0.2) is 67.4 Å². The summed E-state index contributed by atoms with van der Waals surface area (Å²) in [6, 6.07) is 4.41. The Hall–Kier alpha value is -1.59.